The second kappa shape index (κ2) is 8.62. The first kappa shape index (κ1) is 19.5. The van der Waals surface area contributed by atoms with Crippen LogP contribution in [-0.2, 0) is 20.3 Å². The molecule has 0 saturated carbocycles. The average molecular weight is 398 g/mol. The highest BCUT2D eigenvalue weighted by Crippen LogP contribution is 2.22. The number of nitrogens with zero attached hydrogens (tertiary/aromatic N) is 1. The highest BCUT2D eigenvalue weighted by atomic mass is 32.2. The quantitative estimate of drug-likeness (QED) is 0.641. The van der Waals surface area contributed by atoms with Crippen molar-refractivity contribution in [2.75, 3.05) is 18.2 Å². The number of carbonyl (C=O) groups is 2. The Morgan fingerprint density at radius 2 is 1.86 bits per heavy atom. The Labute approximate surface area is 164 Å². The lowest BCUT2D eigenvalue weighted by atomic mass is 10.1. The van der Waals surface area contributed by atoms with Crippen molar-refractivity contribution >= 4 is 28.6 Å². The molecule has 0 bridgehead atoms. The topological polar surface area (TPSA) is 98.5 Å². The number of hydrogen-bond donors (Lipinski definition) is 1. The van der Waals surface area contributed by atoms with Crippen molar-refractivity contribution in [2.45, 2.75) is 11.8 Å². The van der Waals surface area contributed by atoms with E-state index in [9.17, 15) is 13.8 Å². The number of esters is 1. The summed E-state index contributed by atoms with van der Waals surface area (Å²) >= 11 is 0. The molecule has 1 atom stereocenters. The van der Waals surface area contributed by atoms with Gasteiger partial charge in [-0.15, -0.1) is 0 Å². The van der Waals surface area contributed by atoms with Crippen LogP contribution in [0.4, 0.5) is 5.88 Å². The Balaban J connectivity index is 1.59. The summed E-state index contributed by atoms with van der Waals surface area (Å²) in [5.41, 5.74) is 2.71. The zero-order chi connectivity index (χ0) is 20.1. The monoisotopic (exact) mass is 398 g/mol. The Bertz CT molecular complexity index is 1030. The lowest BCUT2D eigenvalue weighted by Crippen LogP contribution is -2.21. The number of carbonyl (C=O) groups excluding carboxylic acids is 2. The number of anilines is 1. The summed E-state index contributed by atoms with van der Waals surface area (Å²) in [6, 6.07) is 15.7. The van der Waals surface area contributed by atoms with Crippen molar-refractivity contribution in [1.29, 1.82) is 0 Å². The first-order valence-electron chi connectivity index (χ1n) is 8.37. The molecular formula is C20H18N2O5S. The molecule has 3 rings (SSSR count). The second-order valence-corrected chi connectivity index (χ2v) is 7.37. The third kappa shape index (κ3) is 4.72. The summed E-state index contributed by atoms with van der Waals surface area (Å²) in [5.74, 6) is -1.15. The summed E-state index contributed by atoms with van der Waals surface area (Å²) < 4.78 is 21.8. The van der Waals surface area contributed by atoms with E-state index in [4.69, 9.17) is 9.26 Å². The normalized spacial score (nSPS) is 11.6. The smallest absolute Gasteiger partial charge is 0.339 e. The van der Waals surface area contributed by atoms with Crippen LogP contribution >= 0.6 is 0 Å². The molecular weight excluding hydrogens is 380 g/mol. The van der Waals surface area contributed by atoms with E-state index in [1.54, 1.807) is 24.3 Å². The molecule has 1 amide bonds. The lowest BCUT2D eigenvalue weighted by Gasteiger charge is -2.07. The summed E-state index contributed by atoms with van der Waals surface area (Å²) in [7, 11) is -1.35. The molecule has 1 N–H and O–H groups in total. The van der Waals surface area contributed by atoms with Gasteiger partial charge < -0.3 is 9.26 Å². The average Bonchev–Trinajstić information content (AvgIpc) is 3.15. The van der Waals surface area contributed by atoms with E-state index in [1.807, 2.05) is 31.2 Å². The zero-order valence-corrected chi connectivity index (χ0v) is 16.1. The van der Waals surface area contributed by atoms with Gasteiger partial charge in [0.15, 0.2) is 6.61 Å². The molecule has 3 aromatic rings. The van der Waals surface area contributed by atoms with E-state index >= 15 is 0 Å². The van der Waals surface area contributed by atoms with Gasteiger partial charge in [-0.2, -0.15) is 0 Å². The Kier molecular flexibility index (Phi) is 6.00. The van der Waals surface area contributed by atoms with Gasteiger partial charge in [-0.05, 0) is 19.1 Å². The third-order valence-electron chi connectivity index (χ3n) is 3.87. The molecule has 0 aliphatic heterocycles. The zero-order valence-electron chi connectivity index (χ0n) is 15.3. The number of rotatable bonds is 6. The fourth-order valence-corrected chi connectivity index (χ4v) is 3.19. The summed E-state index contributed by atoms with van der Waals surface area (Å²) in [6.45, 7) is 1.47. The number of ether oxygens (including phenoxy) is 1. The first-order valence-corrected chi connectivity index (χ1v) is 9.93. The summed E-state index contributed by atoms with van der Waals surface area (Å²) in [5, 5.41) is 6.39. The van der Waals surface area contributed by atoms with Crippen molar-refractivity contribution in [2.24, 2.45) is 0 Å². The van der Waals surface area contributed by atoms with E-state index in [-0.39, 0.29) is 11.4 Å². The highest BCUT2D eigenvalue weighted by molar-refractivity contribution is 7.84. The Hall–Kier alpha value is -3.26. The van der Waals surface area contributed by atoms with Gasteiger partial charge in [0, 0.05) is 17.9 Å². The Morgan fingerprint density at radius 1 is 1.14 bits per heavy atom. The summed E-state index contributed by atoms with van der Waals surface area (Å²) in [6.07, 6.45) is 1.47. The molecule has 1 aromatic heterocycles. The predicted octanol–water partition coefficient (Wildman–Crippen LogP) is 3.18. The molecule has 0 radical (unpaired) electrons. The van der Waals surface area contributed by atoms with E-state index in [0.717, 1.165) is 11.1 Å². The van der Waals surface area contributed by atoms with Crippen LogP contribution in [-0.4, -0.2) is 34.1 Å². The van der Waals surface area contributed by atoms with Crippen molar-refractivity contribution in [3.05, 3.63) is 65.7 Å². The largest absolute Gasteiger partial charge is 0.452 e. The standard InChI is InChI=1S/C20H18N2O5S/c1-13-7-9-14(10-8-13)16-11-19(27-22-16)21-18(23)12-26-20(24)15-5-3-4-6-17(15)28(2)25/h3-11H,12H2,1-2H3,(H,21,23)/t28-/m1/s1. The lowest BCUT2D eigenvalue weighted by molar-refractivity contribution is -0.119. The molecule has 0 spiro atoms. The van der Waals surface area contributed by atoms with E-state index in [1.165, 1.54) is 12.3 Å². The number of amides is 1. The van der Waals surface area contributed by atoms with Crippen LogP contribution in [0.15, 0.2) is 64.0 Å². The fourth-order valence-electron chi connectivity index (χ4n) is 2.46. The van der Waals surface area contributed by atoms with Gasteiger partial charge in [0.05, 0.1) is 21.3 Å². The molecule has 0 saturated heterocycles. The maximum atomic E-state index is 12.2. The minimum absolute atomic E-state index is 0.145. The minimum atomic E-state index is -1.35. The van der Waals surface area contributed by atoms with Gasteiger partial charge in [-0.1, -0.05) is 47.1 Å². The molecule has 0 aliphatic carbocycles. The molecule has 8 heteroatoms. The van der Waals surface area contributed by atoms with Gasteiger partial charge in [-0.3, -0.25) is 14.3 Å². The van der Waals surface area contributed by atoms with E-state index in [2.05, 4.69) is 10.5 Å². The molecule has 144 valence electrons. The van der Waals surface area contributed by atoms with Gasteiger partial charge in [0.25, 0.3) is 5.91 Å². The van der Waals surface area contributed by atoms with Crippen LogP contribution < -0.4 is 5.32 Å². The molecule has 2 aromatic carbocycles. The van der Waals surface area contributed by atoms with Crippen molar-refractivity contribution in [3.8, 4) is 11.3 Å². The van der Waals surface area contributed by atoms with Gasteiger partial charge >= 0.3 is 5.97 Å². The minimum Gasteiger partial charge on any atom is -0.452 e. The summed E-state index contributed by atoms with van der Waals surface area (Å²) in [4.78, 5) is 24.5. The first-order chi connectivity index (χ1) is 13.4. The maximum Gasteiger partial charge on any atom is 0.339 e. The van der Waals surface area contributed by atoms with E-state index in [0.29, 0.717) is 10.6 Å². The third-order valence-corrected chi connectivity index (χ3v) is 4.85. The molecule has 0 fully saturated rings. The van der Waals surface area contributed by atoms with Crippen LogP contribution in [0.2, 0.25) is 0 Å². The van der Waals surface area contributed by atoms with Crippen molar-refractivity contribution in [1.82, 2.24) is 5.16 Å². The number of nitrogens with one attached hydrogen (secondary N) is 1. The van der Waals surface area contributed by atoms with Crippen LogP contribution in [0.3, 0.4) is 0 Å². The van der Waals surface area contributed by atoms with Gasteiger partial charge in [0.1, 0.15) is 5.69 Å². The van der Waals surface area contributed by atoms with Crippen LogP contribution in [0.5, 0.6) is 0 Å². The Morgan fingerprint density at radius 3 is 2.57 bits per heavy atom. The van der Waals surface area contributed by atoms with Gasteiger partial charge in [-0.25, -0.2) is 4.79 Å². The SMILES string of the molecule is Cc1ccc(-c2cc(NC(=O)COC(=O)c3ccccc3[S@@](C)=O)on2)cc1. The highest BCUT2D eigenvalue weighted by Gasteiger charge is 2.17. The maximum absolute atomic E-state index is 12.2. The van der Waals surface area contributed by atoms with Gasteiger partial charge in [0.2, 0.25) is 5.88 Å². The van der Waals surface area contributed by atoms with Crippen LogP contribution in [0, 0.1) is 6.92 Å². The van der Waals surface area contributed by atoms with Crippen LogP contribution in [0.1, 0.15) is 15.9 Å². The number of benzene rings is 2. The van der Waals surface area contributed by atoms with Crippen molar-refractivity contribution in [3.63, 3.8) is 0 Å². The molecule has 28 heavy (non-hydrogen) atoms. The molecule has 7 nitrogen and oxygen atoms in total. The number of aryl methyl sites for hydroxylation is 1. The molecule has 0 aliphatic rings. The fraction of sp³-hybridized carbons (Fsp3) is 0.150. The predicted molar refractivity (Wildman–Crippen MR) is 104 cm³/mol. The molecule has 1 heterocycles. The van der Waals surface area contributed by atoms with Crippen molar-refractivity contribution < 1.29 is 23.1 Å². The number of aromatic nitrogens is 1. The van der Waals surface area contributed by atoms with E-state index < -0.39 is 29.3 Å². The molecule has 0 unspecified atom stereocenters. The number of hydrogen-bond acceptors (Lipinski definition) is 6. The second-order valence-electron chi connectivity index (χ2n) is 6.02. The van der Waals surface area contributed by atoms with Crippen LogP contribution in [0.25, 0.3) is 11.3 Å².